The maximum atomic E-state index is 5.77. The number of aliphatic imine (C=N–C) groups is 1. The van der Waals surface area contributed by atoms with Gasteiger partial charge in [0.2, 0.25) is 0 Å². The molecule has 0 atom stereocenters. The van der Waals surface area contributed by atoms with E-state index in [9.17, 15) is 0 Å². The van der Waals surface area contributed by atoms with E-state index in [4.69, 9.17) is 20.9 Å². The van der Waals surface area contributed by atoms with E-state index in [0.29, 0.717) is 30.4 Å². The minimum absolute atomic E-state index is 0.434. The largest absolute Gasteiger partial charge is 0.486 e. The van der Waals surface area contributed by atoms with E-state index >= 15 is 0 Å². The highest BCUT2D eigenvalue weighted by Crippen LogP contribution is 2.31. The first-order chi connectivity index (χ1) is 8.26. The number of benzene rings is 1. The fourth-order valence-corrected chi connectivity index (χ4v) is 1.69. The molecule has 1 heterocycles. The fraction of sp³-hybridized carbons (Fsp3) is 0.250. The van der Waals surface area contributed by atoms with E-state index in [-0.39, 0.29) is 0 Å². The second-order valence-corrected chi connectivity index (χ2v) is 3.55. The van der Waals surface area contributed by atoms with Crippen LogP contribution in [0, 0.1) is 0 Å². The van der Waals surface area contributed by atoms with Gasteiger partial charge in [-0.25, -0.2) is 0 Å². The molecule has 17 heavy (non-hydrogen) atoms. The van der Waals surface area contributed by atoms with Crippen molar-refractivity contribution < 1.29 is 9.47 Å². The van der Waals surface area contributed by atoms with Gasteiger partial charge in [-0.05, 0) is 18.2 Å². The van der Waals surface area contributed by atoms with Crippen LogP contribution >= 0.6 is 0 Å². The molecule has 4 N–H and O–H groups in total. The molecule has 5 heteroatoms. The number of ether oxygens (including phenoxy) is 2. The summed E-state index contributed by atoms with van der Waals surface area (Å²) in [6, 6.07) is 5.58. The monoisotopic (exact) mass is 233 g/mol. The Morgan fingerprint density at radius 1 is 1.29 bits per heavy atom. The molecule has 0 bridgehead atoms. The second-order valence-electron chi connectivity index (χ2n) is 3.55. The van der Waals surface area contributed by atoms with Crippen molar-refractivity contribution in [3.8, 4) is 11.5 Å². The number of fused-ring (bicyclic) bond motifs is 1. The molecular weight excluding hydrogens is 218 g/mol. The Bertz CT molecular complexity index is 481. The van der Waals surface area contributed by atoms with Gasteiger partial charge in [-0.3, -0.25) is 4.99 Å². The van der Waals surface area contributed by atoms with E-state index in [2.05, 4.69) is 4.99 Å². The number of allylic oxidation sites excluding steroid dienone is 1. The Morgan fingerprint density at radius 2 is 2.00 bits per heavy atom. The first-order valence-corrected chi connectivity index (χ1v) is 5.31. The lowest BCUT2D eigenvalue weighted by atomic mass is 10.1. The molecule has 1 aliphatic heterocycles. The Morgan fingerprint density at radius 3 is 2.65 bits per heavy atom. The second kappa shape index (κ2) is 4.78. The molecule has 0 saturated carbocycles. The smallest absolute Gasteiger partial charge is 0.162 e. The third-order valence-corrected chi connectivity index (χ3v) is 2.49. The fourth-order valence-electron chi connectivity index (χ4n) is 1.69. The number of nitrogens with zero attached hydrogens (tertiary/aromatic N) is 1. The zero-order valence-electron chi connectivity index (χ0n) is 9.64. The standard InChI is InChI=1S/C12H15N3O2/c1-15-12(9(14)7-13)8-2-3-10-11(6-8)17-5-4-16-10/h2-3,6-7H,4-5,13-14H2,1H3. The van der Waals surface area contributed by atoms with E-state index < -0.39 is 0 Å². The van der Waals surface area contributed by atoms with Crippen molar-refractivity contribution in [3.63, 3.8) is 0 Å². The van der Waals surface area contributed by atoms with E-state index in [1.54, 1.807) is 7.05 Å². The van der Waals surface area contributed by atoms with Crippen LogP contribution in [0.2, 0.25) is 0 Å². The lowest BCUT2D eigenvalue weighted by molar-refractivity contribution is 0.171. The highest BCUT2D eigenvalue weighted by Gasteiger charge is 2.14. The average molecular weight is 233 g/mol. The van der Waals surface area contributed by atoms with Gasteiger partial charge in [0, 0.05) is 18.8 Å². The lowest BCUT2D eigenvalue weighted by Crippen LogP contribution is -2.18. The van der Waals surface area contributed by atoms with E-state index in [1.807, 2.05) is 18.2 Å². The predicted octanol–water partition coefficient (Wildman–Crippen LogP) is 0.635. The molecule has 5 nitrogen and oxygen atoms in total. The third kappa shape index (κ3) is 2.18. The molecule has 0 fully saturated rings. The van der Waals surface area contributed by atoms with Crippen LogP contribution in [0.3, 0.4) is 0 Å². The SMILES string of the molecule is CN=C(C(N)=CN)c1ccc2c(c1)OCCO2. The molecule has 0 saturated heterocycles. The van der Waals surface area contributed by atoms with Crippen LogP contribution in [-0.2, 0) is 0 Å². The van der Waals surface area contributed by atoms with Gasteiger partial charge in [0.1, 0.15) is 13.2 Å². The summed E-state index contributed by atoms with van der Waals surface area (Å²) < 4.78 is 10.9. The number of hydrogen-bond donors (Lipinski definition) is 2. The van der Waals surface area contributed by atoms with E-state index in [0.717, 1.165) is 11.3 Å². The normalized spacial score (nSPS) is 15.8. The van der Waals surface area contributed by atoms with Crippen LogP contribution in [-0.4, -0.2) is 26.0 Å². The van der Waals surface area contributed by atoms with Gasteiger partial charge in [0.25, 0.3) is 0 Å². The van der Waals surface area contributed by atoms with Crippen molar-refractivity contribution in [1.82, 2.24) is 0 Å². The number of rotatable bonds is 2. The van der Waals surface area contributed by atoms with Gasteiger partial charge in [0.05, 0.1) is 11.4 Å². The van der Waals surface area contributed by atoms with Crippen molar-refractivity contribution >= 4 is 5.71 Å². The Hall–Kier alpha value is -2.17. The summed E-state index contributed by atoms with van der Waals surface area (Å²) in [5, 5.41) is 0. The lowest BCUT2D eigenvalue weighted by Gasteiger charge is -2.19. The van der Waals surface area contributed by atoms with Gasteiger partial charge in [-0.1, -0.05) is 0 Å². The van der Waals surface area contributed by atoms with Gasteiger partial charge >= 0.3 is 0 Å². The first-order valence-electron chi connectivity index (χ1n) is 5.31. The Kier molecular flexibility index (Phi) is 3.18. The zero-order valence-corrected chi connectivity index (χ0v) is 9.64. The molecule has 0 aliphatic carbocycles. The van der Waals surface area contributed by atoms with Crippen LogP contribution in [0.5, 0.6) is 11.5 Å². The summed E-state index contributed by atoms with van der Waals surface area (Å²) in [7, 11) is 1.67. The van der Waals surface area contributed by atoms with Crippen molar-refractivity contribution in [2.24, 2.45) is 16.5 Å². The minimum atomic E-state index is 0.434. The summed E-state index contributed by atoms with van der Waals surface area (Å²) in [6.45, 7) is 1.13. The molecule has 0 radical (unpaired) electrons. The summed E-state index contributed by atoms with van der Waals surface area (Å²) >= 11 is 0. The minimum Gasteiger partial charge on any atom is -0.486 e. The Balaban J connectivity index is 2.40. The van der Waals surface area contributed by atoms with Crippen molar-refractivity contribution in [2.75, 3.05) is 20.3 Å². The topological polar surface area (TPSA) is 82.9 Å². The average Bonchev–Trinajstić information content (AvgIpc) is 2.39. The van der Waals surface area contributed by atoms with Crippen LogP contribution < -0.4 is 20.9 Å². The van der Waals surface area contributed by atoms with E-state index in [1.165, 1.54) is 6.20 Å². The summed E-state index contributed by atoms with van der Waals surface area (Å²) in [4.78, 5) is 4.12. The molecular formula is C12H15N3O2. The first kappa shape index (κ1) is 11.3. The maximum absolute atomic E-state index is 5.77. The van der Waals surface area contributed by atoms with Gasteiger partial charge in [-0.15, -0.1) is 0 Å². The molecule has 0 spiro atoms. The summed E-state index contributed by atoms with van der Waals surface area (Å²) in [6.07, 6.45) is 1.33. The highest BCUT2D eigenvalue weighted by molar-refractivity contribution is 6.12. The number of hydrogen-bond acceptors (Lipinski definition) is 5. The van der Waals surface area contributed by atoms with Crippen LogP contribution in [0.4, 0.5) is 0 Å². The van der Waals surface area contributed by atoms with Crippen molar-refractivity contribution in [1.29, 1.82) is 0 Å². The van der Waals surface area contributed by atoms with Crippen molar-refractivity contribution in [3.05, 3.63) is 35.7 Å². The van der Waals surface area contributed by atoms with Crippen molar-refractivity contribution in [2.45, 2.75) is 0 Å². The molecule has 1 aromatic carbocycles. The predicted molar refractivity (Wildman–Crippen MR) is 66.4 cm³/mol. The molecule has 2 rings (SSSR count). The summed E-state index contributed by atoms with van der Waals surface area (Å²) in [5.74, 6) is 1.45. The molecule has 0 amide bonds. The van der Waals surface area contributed by atoms with Crippen LogP contribution in [0.25, 0.3) is 0 Å². The summed E-state index contributed by atoms with van der Waals surface area (Å²) in [5.41, 5.74) is 13.1. The zero-order chi connectivity index (χ0) is 12.3. The van der Waals surface area contributed by atoms with Gasteiger partial charge in [0.15, 0.2) is 11.5 Å². The van der Waals surface area contributed by atoms with Crippen LogP contribution in [0.15, 0.2) is 35.1 Å². The third-order valence-electron chi connectivity index (χ3n) is 2.49. The Labute approximate surface area is 99.7 Å². The molecule has 0 aromatic heterocycles. The van der Waals surface area contributed by atoms with Crippen LogP contribution in [0.1, 0.15) is 5.56 Å². The molecule has 0 unspecified atom stereocenters. The van der Waals surface area contributed by atoms with Gasteiger partial charge < -0.3 is 20.9 Å². The molecule has 1 aromatic rings. The maximum Gasteiger partial charge on any atom is 0.162 e. The quantitative estimate of drug-likeness (QED) is 0.734. The number of nitrogens with two attached hydrogens (primary N) is 2. The molecule has 1 aliphatic rings. The molecule has 90 valence electrons. The highest BCUT2D eigenvalue weighted by atomic mass is 16.6. The van der Waals surface area contributed by atoms with Gasteiger partial charge in [-0.2, -0.15) is 0 Å².